The topological polar surface area (TPSA) is 67.2 Å². The van der Waals surface area contributed by atoms with Crippen LogP contribution in [0.5, 0.6) is 0 Å². The lowest BCUT2D eigenvalue weighted by Crippen LogP contribution is -2.31. The van der Waals surface area contributed by atoms with Gasteiger partial charge in [0.05, 0.1) is 6.54 Å². The molecule has 1 aliphatic carbocycles. The number of hydrogen-bond donors (Lipinski definition) is 3. The van der Waals surface area contributed by atoms with Crippen LogP contribution in [-0.2, 0) is 4.79 Å². The average Bonchev–Trinajstić information content (AvgIpc) is 3.19. The maximum atomic E-state index is 11.7. The third kappa shape index (κ3) is 3.84. The number of carbonyl (C=O) groups excluding carboxylic acids is 1. The van der Waals surface area contributed by atoms with Crippen molar-refractivity contribution >= 4 is 40.6 Å². The summed E-state index contributed by atoms with van der Waals surface area (Å²) in [7, 11) is 0. The van der Waals surface area contributed by atoms with Crippen LogP contribution in [0.15, 0.2) is 23.1 Å². The van der Waals surface area contributed by atoms with Crippen molar-refractivity contribution in [2.45, 2.75) is 23.8 Å². The number of nitrogens with one attached hydrogen (secondary N) is 2. The van der Waals surface area contributed by atoms with E-state index in [1.807, 2.05) is 24.5 Å². The highest BCUT2D eigenvalue weighted by Crippen LogP contribution is 2.27. The first-order chi connectivity index (χ1) is 9.11. The van der Waals surface area contributed by atoms with Crippen molar-refractivity contribution in [3.8, 4) is 0 Å². The fourth-order valence-electron chi connectivity index (χ4n) is 1.78. The van der Waals surface area contributed by atoms with Crippen LogP contribution in [0.3, 0.4) is 0 Å². The minimum absolute atomic E-state index is 0.00550. The van der Waals surface area contributed by atoms with Crippen molar-refractivity contribution < 1.29 is 4.79 Å². The fourth-order valence-corrected chi connectivity index (χ4v) is 2.71. The first-order valence-electron chi connectivity index (χ1n) is 6.12. The van der Waals surface area contributed by atoms with Gasteiger partial charge in [0.25, 0.3) is 0 Å². The van der Waals surface area contributed by atoms with Crippen molar-refractivity contribution in [1.82, 2.24) is 5.32 Å². The zero-order valence-corrected chi connectivity index (χ0v) is 12.4. The van der Waals surface area contributed by atoms with E-state index in [-0.39, 0.29) is 12.5 Å². The summed E-state index contributed by atoms with van der Waals surface area (Å²) < 4.78 is 0. The van der Waals surface area contributed by atoms with Gasteiger partial charge in [0.2, 0.25) is 5.91 Å². The lowest BCUT2D eigenvalue weighted by Gasteiger charge is -2.14. The molecule has 1 fully saturated rings. The summed E-state index contributed by atoms with van der Waals surface area (Å²) in [5.41, 5.74) is 7.39. The standard InChI is InChI=1S/C13H17N3OS2/c1-19-10-4-2-3-9(12(10)13(14)18)15-7-11(17)16-8-5-6-8/h2-4,8,15H,5-7H2,1H3,(H2,14,18)(H,16,17). The smallest absolute Gasteiger partial charge is 0.239 e. The summed E-state index contributed by atoms with van der Waals surface area (Å²) in [6.45, 7) is 0.240. The highest BCUT2D eigenvalue weighted by Gasteiger charge is 2.23. The number of hydrogen-bond acceptors (Lipinski definition) is 4. The van der Waals surface area contributed by atoms with Gasteiger partial charge in [0.1, 0.15) is 4.99 Å². The van der Waals surface area contributed by atoms with Crippen LogP contribution in [0.25, 0.3) is 0 Å². The molecule has 0 aliphatic heterocycles. The molecule has 1 aromatic rings. The summed E-state index contributed by atoms with van der Waals surface area (Å²) in [4.78, 5) is 13.0. The Kier molecular flexibility index (Phi) is 4.66. The monoisotopic (exact) mass is 295 g/mol. The highest BCUT2D eigenvalue weighted by molar-refractivity contribution is 7.98. The van der Waals surface area contributed by atoms with Gasteiger partial charge in [-0.1, -0.05) is 18.3 Å². The number of thioether (sulfide) groups is 1. The first-order valence-corrected chi connectivity index (χ1v) is 7.75. The zero-order chi connectivity index (χ0) is 13.8. The van der Waals surface area contributed by atoms with Crippen LogP contribution in [-0.4, -0.2) is 29.7 Å². The second-order valence-corrected chi connectivity index (χ2v) is 5.73. The third-order valence-corrected chi connectivity index (χ3v) is 3.86. The van der Waals surface area contributed by atoms with E-state index in [0.717, 1.165) is 29.0 Å². The van der Waals surface area contributed by atoms with Crippen LogP contribution < -0.4 is 16.4 Å². The molecule has 1 amide bonds. The molecule has 4 N–H and O–H groups in total. The van der Waals surface area contributed by atoms with E-state index in [0.29, 0.717) is 11.0 Å². The Hall–Kier alpha value is -1.27. The number of anilines is 1. The Balaban J connectivity index is 2.05. The molecule has 0 bridgehead atoms. The second-order valence-electron chi connectivity index (χ2n) is 4.44. The molecule has 102 valence electrons. The minimum atomic E-state index is 0.00550. The Morgan fingerprint density at radius 2 is 2.26 bits per heavy atom. The fraction of sp³-hybridized carbons (Fsp3) is 0.385. The average molecular weight is 295 g/mol. The van der Waals surface area contributed by atoms with Crippen molar-refractivity contribution in [3.05, 3.63) is 23.8 Å². The van der Waals surface area contributed by atoms with Crippen molar-refractivity contribution in [3.63, 3.8) is 0 Å². The van der Waals surface area contributed by atoms with E-state index in [9.17, 15) is 4.79 Å². The SMILES string of the molecule is CSc1cccc(NCC(=O)NC2CC2)c1C(N)=S. The minimum Gasteiger partial charge on any atom is -0.389 e. The van der Waals surface area contributed by atoms with E-state index >= 15 is 0 Å². The molecular formula is C13H17N3OS2. The van der Waals surface area contributed by atoms with Crippen molar-refractivity contribution in [2.75, 3.05) is 18.1 Å². The van der Waals surface area contributed by atoms with Crippen LogP contribution in [0.4, 0.5) is 5.69 Å². The van der Waals surface area contributed by atoms with E-state index in [1.54, 1.807) is 11.8 Å². The molecule has 0 heterocycles. The Morgan fingerprint density at radius 3 is 2.84 bits per heavy atom. The number of nitrogens with two attached hydrogens (primary N) is 1. The van der Waals surface area contributed by atoms with Gasteiger partial charge < -0.3 is 16.4 Å². The summed E-state index contributed by atoms with van der Waals surface area (Å²) in [5.74, 6) is 0.00550. The molecule has 1 aromatic carbocycles. The maximum absolute atomic E-state index is 11.7. The van der Waals surface area contributed by atoms with Gasteiger partial charge in [-0.05, 0) is 31.2 Å². The van der Waals surface area contributed by atoms with Gasteiger partial charge >= 0.3 is 0 Å². The van der Waals surface area contributed by atoms with Crippen molar-refractivity contribution in [2.24, 2.45) is 5.73 Å². The number of benzene rings is 1. The molecule has 0 saturated heterocycles. The molecule has 0 atom stereocenters. The third-order valence-electron chi connectivity index (χ3n) is 2.87. The van der Waals surface area contributed by atoms with Crippen LogP contribution >= 0.6 is 24.0 Å². The van der Waals surface area contributed by atoms with Gasteiger partial charge in [-0.25, -0.2) is 0 Å². The molecule has 0 unspecified atom stereocenters. The van der Waals surface area contributed by atoms with Gasteiger partial charge in [0.15, 0.2) is 0 Å². The molecule has 0 radical (unpaired) electrons. The molecule has 1 aliphatic rings. The van der Waals surface area contributed by atoms with Gasteiger partial charge in [-0.2, -0.15) is 0 Å². The molecular weight excluding hydrogens is 278 g/mol. The summed E-state index contributed by atoms with van der Waals surface area (Å²) >= 11 is 6.67. The molecule has 0 spiro atoms. The van der Waals surface area contributed by atoms with E-state index in [1.165, 1.54) is 0 Å². The van der Waals surface area contributed by atoms with Gasteiger partial charge in [-0.3, -0.25) is 4.79 Å². The molecule has 19 heavy (non-hydrogen) atoms. The summed E-state index contributed by atoms with van der Waals surface area (Å²) in [5, 5.41) is 6.04. The second kappa shape index (κ2) is 6.25. The van der Waals surface area contributed by atoms with Crippen molar-refractivity contribution in [1.29, 1.82) is 0 Å². The van der Waals surface area contributed by atoms with E-state index in [4.69, 9.17) is 18.0 Å². The lowest BCUT2D eigenvalue weighted by atomic mass is 10.1. The predicted octanol–water partition coefficient (Wildman–Crippen LogP) is 1.73. The van der Waals surface area contributed by atoms with E-state index < -0.39 is 0 Å². The van der Waals surface area contributed by atoms with Gasteiger partial charge in [-0.15, -0.1) is 11.8 Å². The molecule has 0 aromatic heterocycles. The molecule has 4 nitrogen and oxygen atoms in total. The molecule has 1 saturated carbocycles. The zero-order valence-electron chi connectivity index (χ0n) is 10.7. The predicted molar refractivity (Wildman–Crippen MR) is 83.8 cm³/mol. The summed E-state index contributed by atoms with van der Waals surface area (Å²) in [6.07, 6.45) is 4.15. The van der Waals surface area contributed by atoms with Gasteiger partial charge in [0, 0.05) is 22.2 Å². The number of thiocarbonyl (C=S) groups is 1. The quantitative estimate of drug-likeness (QED) is 0.551. The van der Waals surface area contributed by atoms with E-state index in [2.05, 4.69) is 10.6 Å². The first kappa shape index (κ1) is 14.1. The Labute approximate surface area is 122 Å². The lowest BCUT2D eigenvalue weighted by molar-refractivity contribution is -0.119. The number of amides is 1. The Bertz CT molecular complexity index is 501. The number of rotatable bonds is 6. The van der Waals surface area contributed by atoms with Crippen LogP contribution in [0, 0.1) is 0 Å². The van der Waals surface area contributed by atoms with Crippen LogP contribution in [0.2, 0.25) is 0 Å². The molecule has 6 heteroatoms. The largest absolute Gasteiger partial charge is 0.389 e. The highest BCUT2D eigenvalue weighted by atomic mass is 32.2. The maximum Gasteiger partial charge on any atom is 0.239 e. The normalized spacial score (nSPS) is 13.9. The Morgan fingerprint density at radius 1 is 1.53 bits per heavy atom. The number of carbonyl (C=O) groups is 1. The summed E-state index contributed by atoms with van der Waals surface area (Å²) in [6, 6.07) is 6.16. The van der Waals surface area contributed by atoms with Crippen LogP contribution in [0.1, 0.15) is 18.4 Å². The molecule has 2 rings (SSSR count).